The van der Waals surface area contributed by atoms with Crippen molar-refractivity contribution in [2.24, 2.45) is 0 Å². The summed E-state index contributed by atoms with van der Waals surface area (Å²) in [5.74, 6) is 0.555. The molecule has 2 aromatic rings. The first-order valence-electron chi connectivity index (χ1n) is 6.09. The Balaban J connectivity index is 1.76. The number of nitrogens with zero attached hydrogens (tertiary/aromatic N) is 3. The van der Waals surface area contributed by atoms with Crippen LogP contribution >= 0.6 is 0 Å². The lowest BCUT2D eigenvalue weighted by Gasteiger charge is -2.26. The Bertz CT molecular complexity index is 651. The zero-order valence-electron chi connectivity index (χ0n) is 10.5. The van der Waals surface area contributed by atoms with Gasteiger partial charge in [-0.05, 0) is 6.92 Å². The van der Waals surface area contributed by atoms with Crippen LogP contribution in [0.3, 0.4) is 0 Å². The number of anilines is 1. The molecule has 1 fully saturated rings. The largest absolute Gasteiger partial charge is 0.385 e. The normalized spacial score (nSPS) is 26.9. The Labute approximate surface area is 108 Å². The molecule has 8 nitrogen and oxygen atoms in total. The predicted molar refractivity (Wildman–Crippen MR) is 67.1 cm³/mol. The SMILES string of the molecule is CC1OCCC1(O)CNc1cc2n[nH]c(=O)n2cn1. The molecular formula is C11H15N5O3. The number of ether oxygens (including phenoxy) is 1. The molecule has 1 aliphatic heterocycles. The third-order valence-corrected chi connectivity index (χ3v) is 3.54. The lowest BCUT2D eigenvalue weighted by Crippen LogP contribution is -2.43. The molecule has 0 aliphatic carbocycles. The van der Waals surface area contributed by atoms with E-state index < -0.39 is 5.60 Å². The number of fused-ring (bicyclic) bond motifs is 1. The molecule has 2 atom stereocenters. The molecule has 0 radical (unpaired) electrons. The van der Waals surface area contributed by atoms with Crippen molar-refractivity contribution in [3.8, 4) is 0 Å². The molecule has 0 aromatic carbocycles. The molecule has 19 heavy (non-hydrogen) atoms. The second-order valence-corrected chi connectivity index (χ2v) is 4.75. The summed E-state index contributed by atoms with van der Waals surface area (Å²) >= 11 is 0. The third-order valence-electron chi connectivity index (χ3n) is 3.54. The molecule has 3 heterocycles. The first kappa shape index (κ1) is 12.1. The van der Waals surface area contributed by atoms with Gasteiger partial charge in [-0.1, -0.05) is 0 Å². The van der Waals surface area contributed by atoms with Crippen molar-refractivity contribution in [3.63, 3.8) is 0 Å². The van der Waals surface area contributed by atoms with Crippen LogP contribution < -0.4 is 11.0 Å². The molecule has 0 bridgehead atoms. The van der Waals surface area contributed by atoms with Crippen molar-refractivity contribution in [2.75, 3.05) is 18.5 Å². The molecule has 102 valence electrons. The molecular weight excluding hydrogens is 250 g/mol. The zero-order chi connectivity index (χ0) is 13.5. The minimum atomic E-state index is -0.890. The number of aromatic nitrogens is 4. The second kappa shape index (κ2) is 4.32. The minimum absolute atomic E-state index is 0.211. The van der Waals surface area contributed by atoms with Crippen molar-refractivity contribution in [1.29, 1.82) is 0 Å². The van der Waals surface area contributed by atoms with Gasteiger partial charge in [-0.15, -0.1) is 0 Å². The van der Waals surface area contributed by atoms with Gasteiger partial charge in [0.25, 0.3) is 0 Å². The molecule has 2 aromatic heterocycles. The van der Waals surface area contributed by atoms with Crippen LogP contribution in [0.2, 0.25) is 0 Å². The average molecular weight is 265 g/mol. The fourth-order valence-electron chi connectivity index (χ4n) is 2.15. The van der Waals surface area contributed by atoms with E-state index in [4.69, 9.17) is 4.74 Å². The van der Waals surface area contributed by atoms with E-state index in [-0.39, 0.29) is 11.8 Å². The fourth-order valence-corrected chi connectivity index (χ4v) is 2.15. The van der Waals surface area contributed by atoms with Gasteiger partial charge in [-0.25, -0.2) is 19.3 Å². The van der Waals surface area contributed by atoms with E-state index in [2.05, 4.69) is 20.5 Å². The Hall–Kier alpha value is -1.93. The zero-order valence-corrected chi connectivity index (χ0v) is 10.5. The van der Waals surface area contributed by atoms with E-state index >= 15 is 0 Å². The Morgan fingerprint density at radius 3 is 3.32 bits per heavy atom. The van der Waals surface area contributed by atoms with Gasteiger partial charge in [0, 0.05) is 25.6 Å². The second-order valence-electron chi connectivity index (χ2n) is 4.75. The number of rotatable bonds is 3. The number of hydrogen-bond donors (Lipinski definition) is 3. The standard InChI is InChI=1S/C11H15N5O3/c1-7-11(18,2-3-19-7)5-12-8-4-9-14-15-10(17)16(9)6-13-8/h4,6-7,12,18H,2-3,5H2,1H3,(H,15,17). The van der Waals surface area contributed by atoms with Crippen molar-refractivity contribution in [2.45, 2.75) is 25.0 Å². The van der Waals surface area contributed by atoms with E-state index in [1.165, 1.54) is 10.7 Å². The van der Waals surface area contributed by atoms with Crippen LogP contribution in [-0.4, -0.2) is 49.5 Å². The van der Waals surface area contributed by atoms with Crippen molar-refractivity contribution in [1.82, 2.24) is 19.6 Å². The van der Waals surface area contributed by atoms with Crippen LogP contribution in [0.1, 0.15) is 13.3 Å². The van der Waals surface area contributed by atoms with Crippen molar-refractivity contribution >= 4 is 11.5 Å². The van der Waals surface area contributed by atoms with E-state index in [0.717, 1.165) is 0 Å². The summed E-state index contributed by atoms with van der Waals surface area (Å²) in [6, 6.07) is 1.64. The van der Waals surface area contributed by atoms with E-state index in [0.29, 0.717) is 31.0 Å². The van der Waals surface area contributed by atoms with Crippen LogP contribution in [-0.2, 0) is 4.74 Å². The summed E-state index contributed by atoms with van der Waals surface area (Å²) in [5, 5.41) is 19.6. The monoisotopic (exact) mass is 265 g/mol. The first-order valence-corrected chi connectivity index (χ1v) is 6.09. The van der Waals surface area contributed by atoms with Crippen LogP contribution in [0.5, 0.6) is 0 Å². The van der Waals surface area contributed by atoms with Gasteiger partial charge in [0.15, 0.2) is 5.65 Å². The highest BCUT2D eigenvalue weighted by atomic mass is 16.5. The molecule has 0 spiro atoms. The van der Waals surface area contributed by atoms with Gasteiger partial charge in [-0.2, -0.15) is 5.10 Å². The average Bonchev–Trinajstić information content (AvgIpc) is 2.93. The van der Waals surface area contributed by atoms with E-state index in [1.807, 2.05) is 6.92 Å². The maximum absolute atomic E-state index is 11.3. The molecule has 3 N–H and O–H groups in total. The highest BCUT2D eigenvalue weighted by Crippen LogP contribution is 2.25. The molecule has 0 saturated carbocycles. The molecule has 1 saturated heterocycles. The van der Waals surface area contributed by atoms with Crippen LogP contribution in [0.15, 0.2) is 17.2 Å². The Morgan fingerprint density at radius 2 is 2.58 bits per heavy atom. The molecule has 8 heteroatoms. The quantitative estimate of drug-likeness (QED) is 0.682. The number of aromatic amines is 1. The summed E-state index contributed by atoms with van der Waals surface area (Å²) in [7, 11) is 0. The Morgan fingerprint density at radius 1 is 1.74 bits per heavy atom. The van der Waals surface area contributed by atoms with Gasteiger partial charge in [0.1, 0.15) is 17.7 Å². The first-order chi connectivity index (χ1) is 9.08. The summed E-state index contributed by atoms with van der Waals surface area (Å²) in [4.78, 5) is 15.4. The topological polar surface area (TPSA) is 105 Å². The maximum atomic E-state index is 11.3. The van der Waals surface area contributed by atoms with Crippen LogP contribution in [0.25, 0.3) is 5.65 Å². The van der Waals surface area contributed by atoms with Gasteiger partial charge < -0.3 is 15.2 Å². The third kappa shape index (κ3) is 2.08. The van der Waals surface area contributed by atoms with E-state index in [1.54, 1.807) is 6.07 Å². The highest BCUT2D eigenvalue weighted by Gasteiger charge is 2.39. The van der Waals surface area contributed by atoms with Crippen LogP contribution in [0.4, 0.5) is 5.82 Å². The van der Waals surface area contributed by atoms with Gasteiger partial charge in [0.05, 0.1) is 6.10 Å². The lowest BCUT2D eigenvalue weighted by atomic mass is 9.97. The van der Waals surface area contributed by atoms with Crippen LogP contribution in [0, 0.1) is 0 Å². The number of H-pyrrole nitrogens is 1. The number of nitrogens with one attached hydrogen (secondary N) is 2. The highest BCUT2D eigenvalue weighted by molar-refractivity contribution is 5.48. The molecule has 2 unspecified atom stereocenters. The fraction of sp³-hybridized carbons (Fsp3) is 0.545. The summed E-state index contributed by atoms with van der Waals surface area (Å²) in [6.45, 7) is 2.74. The summed E-state index contributed by atoms with van der Waals surface area (Å²) in [6.07, 6.45) is 1.77. The summed E-state index contributed by atoms with van der Waals surface area (Å²) in [5.41, 5.74) is -0.741. The van der Waals surface area contributed by atoms with Gasteiger partial charge in [0.2, 0.25) is 0 Å². The number of aliphatic hydroxyl groups is 1. The minimum Gasteiger partial charge on any atom is -0.385 e. The lowest BCUT2D eigenvalue weighted by molar-refractivity contribution is -0.0176. The summed E-state index contributed by atoms with van der Waals surface area (Å²) < 4.78 is 6.66. The van der Waals surface area contributed by atoms with Gasteiger partial charge in [-0.3, -0.25) is 0 Å². The van der Waals surface area contributed by atoms with Crippen molar-refractivity contribution in [3.05, 3.63) is 22.9 Å². The molecule has 0 amide bonds. The Kier molecular flexibility index (Phi) is 2.76. The maximum Gasteiger partial charge on any atom is 0.348 e. The smallest absolute Gasteiger partial charge is 0.348 e. The number of hydrogen-bond acceptors (Lipinski definition) is 6. The van der Waals surface area contributed by atoms with E-state index in [9.17, 15) is 9.90 Å². The van der Waals surface area contributed by atoms with Gasteiger partial charge >= 0.3 is 5.69 Å². The molecule has 3 rings (SSSR count). The predicted octanol–water partition coefficient (Wildman–Crippen LogP) is -0.631. The van der Waals surface area contributed by atoms with Crippen molar-refractivity contribution < 1.29 is 9.84 Å². The molecule has 1 aliphatic rings.